The summed E-state index contributed by atoms with van der Waals surface area (Å²) in [6, 6.07) is 5.20. The van der Waals surface area contributed by atoms with Gasteiger partial charge in [0.15, 0.2) is 11.5 Å². The van der Waals surface area contributed by atoms with Crippen LogP contribution in [-0.4, -0.2) is 19.2 Å². The number of hydrogen-bond donors (Lipinski definition) is 0. The Labute approximate surface area is 86.0 Å². The van der Waals surface area contributed by atoms with Crippen molar-refractivity contribution in [3.8, 4) is 11.5 Å². The van der Waals surface area contributed by atoms with Crippen LogP contribution in [0.5, 0.6) is 11.5 Å². The Morgan fingerprint density at radius 2 is 2.14 bits per heavy atom. The molecule has 0 atom stereocenters. The maximum Gasteiger partial charge on any atom is 0.320 e. The van der Waals surface area contributed by atoms with E-state index in [1.807, 2.05) is 0 Å². The van der Waals surface area contributed by atoms with Crippen molar-refractivity contribution >= 4 is 22.7 Å². The third kappa shape index (κ3) is 1.48. The second-order valence-corrected chi connectivity index (χ2v) is 3.17. The summed E-state index contributed by atoms with van der Waals surface area (Å²) in [6.45, 7) is 0.220. The van der Waals surface area contributed by atoms with Crippen LogP contribution in [0, 0.1) is 0 Å². The Morgan fingerprint density at radius 3 is 2.86 bits per heavy atom. The molecule has 1 aromatic carbocycles. The summed E-state index contributed by atoms with van der Waals surface area (Å²) in [4.78, 5) is 12.2. The van der Waals surface area contributed by atoms with E-state index < -0.39 is 5.37 Å². The normalized spacial score (nSPS) is 12.7. The zero-order valence-corrected chi connectivity index (χ0v) is 8.25. The fraction of sp³-hybridized carbons (Fsp3) is 0.222. The lowest BCUT2D eigenvalue weighted by Crippen LogP contribution is -2.19. The average Bonchev–Trinajstić information content (AvgIpc) is 2.62. The van der Waals surface area contributed by atoms with Gasteiger partial charge in [-0.05, 0) is 23.7 Å². The van der Waals surface area contributed by atoms with E-state index >= 15 is 0 Å². The Balaban J connectivity index is 2.33. The minimum atomic E-state index is -0.538. The zero-order chi connectivity index (χ0) is 10.1. The number of hydrogen-bond acceptors (Lipinski definition) is 3. The highest BCUT2D eigenvalue weighted by atomic mass is 35.5. The molecule has 0 spiro atoms. The Hall–Kier alpha value is -1.42. The van der Waals surface area contributed by atoms with Gasteiger partial charge < -0.3 is 14.4 Å². The molecule has 0 saturated heterocycles. The first-order valence-corrected chi connectivity index (χ1v) is 4.39. The van der Waals surface area contributed by atoms with Crippen LogP contribution >= 0.6 is 11.6 Å². The van der Waals surface area contributed by atoms with Crippen molar-refractivity contribution in [1.82, 2.24) is 0 Å². The van der Waals surface area contributed by atoms with Crippen LogP contribution in [0.1, 0.15) is 0 Å². The van der Waals surface area contributed by atoms with Crippen molar-refractivity contribution in [2.24, 2.45) is 0 Å². The Bertz CT molecular complexity index is 380. The van der Waals surface area contributed by atoms with E-state index in [4.69, 9.17) is 21.1 Å². The van der Waals surface area contributed by atoms with Gasteiger partial charge >= 0.3 is 5.37 Å². The molecule has 0 fully saturated rings. The summed E-state index contributed by atoms with van der Waals surface area (Å²) in [5, 5.41) is -0.538. The molecule has 0 radical (unpaired) electrons. The summed E-state index contributed by atoms with van der Waals surface area (Å²) in [5.74, 6) is 1.32. The van der Waals surface area contributed by atoms with Crippen molar-refractivity contribution < 1.29 is 14.3 Å². The number of carbonyl (C=O) groups is 1. The molecule has 0 aliphatic carbocycles. The molecule has 2 rings (SSSR count). The van der Waals surface area contributed by atoms with E-state index in [0.29, 0.717) is 17.2 Å². The van der Waals surface area contributed by atoms with Crippen LogP contribution in [0.2, 0.25) is 0 Å². The maximum absolute atomic E-state index is 10.9. The molecule has 1 aliphatic heterocycles. The van der Waals surface area contributed by atoms with Gasteiger partial charge in [-0.3, -0.25) is 4.79 Å². The first-order chi connectivity index (χ1) is 6.68. The Morgan fingerprint density at radius 1 is 1.43 bits per heavy atom. The third-order valence-corrected chi connectivity index (χ3v) is 2.26. The molecular weight excluding hydrogens is 206 g/mol. The fourth-order valence-electron chi connectivity index (χ4n) is 1.20. The molecule has 5 heteroatoms. The molecule has 0 aromatic heterocycles. The summed E-state index contributed by atoms with van der Waals surface area (Å²) in [7, 11) is 1.59. The van der Waals surface area contributed by atoms with Gasteiger partial charge in [-0.25, -0.2) is 0 Å². The summed E-state index contributed by atoms with van der Waals surface area (Å²) < 4.78 is 10.3. The van der Waals surface area contributed by atoms with Gasteiger partial charge in [0.25, 0.3) is 0 Å². The van der Waals surface area contributed by atoms with E-state index in [0.717, 1.165) is 0 Å². The van der Waals surface area contributed by atoms with Crippen molar-refractivity contribution in [3.05, 3.63) is 18.2 Å². The number of nitrogens with zero attached hydrogens (tertiary/aromatic N) is 1. The van der Waals surface area contributed by atoms with E-state index in [-0.39, 0.29) is 6.79 Å². The fourth-order valence-corrected chi connectivity index (χ4v) is 1.29. The zero-order valence-electron chi connectivity index (χ0n) is 7.49. The molecule has 1 aliphatic rings. The standard InChI is InChI=1S/C9H8ClNO3/c1-11(9(10)12)6-2-3-7-8(4-6)14-5-13-7/h2-4H,5H2,1H3. The number of ether oxygens (including phenoxy) is 2. The van der Waals surface area contributed by atoms with Crippen molar-refractivity contribution in [3.63, 3.8) is 0 Å². The third-order valence-electron chi connectivity index (χ3n) is 2.01. The molecule has 1 heterocycles. The number of carbonyl (C=O) groups excluding carboxylic acids is 1. The van der Waals surface area contributed by atoms with Crippen molar-refractivity contribution in [1.29, 1.82) is 0 Å². The van der Waals surface area contributed by atoms with Gasteiger partial charge in [0.05, 0.1) is 0 Å². The first kappa shape index (κ1) is 9.15. The van der Waals surface area contributed by atoms with Crippen LogP contribution < -0.4 is 14.4 Å². The van der Waals surface area contributed by atoms with E-state index in [9.17, 15) is 4.79 Å². The largest absolute Gasteiger partial charge is 0.454 e. The number of amides is 1. The minimum absolute atomic E-state index is 0.220. The van der Waals surface area contributed by atoms with Crippen LogP contribution in [0.25, 0.3) is 0 Å². The molecule has 0 bridgehead atoms. The number of benzene rings is 1. The molecule has 74 valence electrons. The van der Waals surface area contributed by atoms with Gasteiger partial charge in [0.1, 0.15) is 0 Å². The van der Waals surface area contributed by atoms with Crippen LogP contribution in [0.15, 0.2) is 18.2 Å². The number of rotatable bonds is 1. The van der Waals surface area contributed by atoms with Crippen LogP contribution in [0.4, 0.5) is 10.5 Å². The van der Waals surface area contributed by atoms with Gasteiger partial charge in [-0.1, -0.05) is 0 Å². The highest BCUT2D eigenvalue weighted by molar-refractivity contribution is 6.66. The second kappa shape index (κ2) is 3.38. The van der Waals surface area contributed by atoms with E-state index in [1.54, 1.807) is 25.2 Å². The monoisotopic (exact) mass is 213 g/mol. The lowest BCUT2D eigenvalue weighted by Gasteiger charge is -2.13. The molecule has 0 unspecified atom stereocenters. The lowest BCUT2D eigenvalue weighted by molar-refractivity contribution is 0.174. The predicted octanol–water partition coefficient (Wildman–Crippen LogP) is 2.21. The first-order valence-electron chi connectivity index (χ1n) is 4.01. The number of anilines is 1. The van der Waals surface area contributed by atoms with Gasteiger partial charge in [-0.15, -0.1) is 0 Å². The molecule has 4 nitrogen and oxygen atoms in total. The van der Waals surface area contributed by atoms with Gasteiger partial charge in [0, 0.05) is 18.8 Å². The molecule has 0 saturated carbocycles. The number of halogens is 1. The SMILES string of the molecule is CN(C(=O)Cl)c1ccc2c(c1)OCO2. The average molecular weight is 214 g/mol. The maximum atomic E-state index is 10.9. The summed E-state index contributed by atoms with van der Waals surface area (Å²) >= 11 is 5.33. The minimum Gasteiger partial charge on any atom is -0.454 e. The van der Waals surface area contributed by atoms with E-state index in [2.05, 4.69) is 0 Å². The highest BCUT2D eigenvalue weighted by Crippen LogP contribution is 2.35. The molecule has 0 N–H and O–H groups in total. The molecular formula is C9H8ClNO3. The van der Waals surface area contributed by atoms with Crippen LogP contribution in [0.3, 0.4) is 0 Å². The molecule has 14 heavy (non-hydrogen) atoms. The van der Waals surface area contributed by atoms with Gasteiger partial charge in [0.2, 0.25) is 6.79 Å². The van der Waals surface area contributed by atoms with E-state index in [1.165, 1.54) is 4.90 Å². The van der Waals surface area contributed by atoms with Crippen molar-refractivity contribution in [2.75, 3.05) is 18.7 Å². The Kier molecular flexibility index (Phi) is 2.21. The van der Waals surface area contributed by atoms with Crippen LogP contribution in [-0.2, 0) is 0 Å². The predicted molar refractivity (Wildman–Crippen MR) is 52.2 cm³/mol. The lowest BCUT2D eigenvalue weighted by atomic mass is 10.2. The molecule has 1 aromatic rings. The summed E-state index contributed by atoms with van der Waals surface area (Å²) in [5.41, 5.74) is 0.675. The smallest absolute Gasteiger partial charge is 0.320 e. The highest BCUT2D eigenvalue weighted by Gasteiger charge is 2.16. The number of fused-ring (bicyclic) bond motifs is 1. The quantitative estimate of drug-likeness (QED) is 0.530. The van der Waals surface area contributed by atoms with Crippen molar-refractivity contribution in [2.45, 2.75) is 0 Å². The topological polar surface area (TPSA) is 38.8 Å². The molecule has 1 amide bonds. The summed E-state index contributed by atoms with van der Waals surface area (Å²) in [6.07, 6.45) is 0. The second-order valence-electron chi connectivity index (χ2n) is 2.85. The van der Waals surface area contributed by atoms with Gasteiger partial charge in [-0.2, -0.15) is 0 Å².